The predicted octanol–water partition coefficient (Wildman–Crippen LogP) is 1.78. The highest BCUT2D eigenvalue weighted by Crippen LogP contribution is 2.17. The van der Waals surface area contributed by atoms with Crippen LogP contribution < -0.4 is 10.2 Å². The first-order valence-electron chi connectivity index (χ1n) is 6.52. The molecule has 0 unspecified atom stereocenters. The molecule has 2 aromatic rings. The second kappa shape index (κ2) is 6.73. The number of hydrogen-bond acceptors (Lipinski definition) is 4. The number of aromatic nitrogens is 1. The van der Waals surface area contributed by atoms with E-state index in [0.29, 0.717) is 22.6 Å². The summed E-state index contributed by atoms with van der Waals surface area (Å²) in [5.74, 6) is -0.0722. The van der Waals surface area contributed by atoms with Gasteiger partial charge in [-0.15, -0.1) is 0 Å². The Morgan fingerprint density at radius 2 is 1.91 bits per heavy atom. The van der Waals surface area contributed by atoms with Gasteiger partial charge in [0.2, 0.25) is 0 Å². The molecule has 0 saturated carbocycles. The lowest BCUT2D eigenvalue weighted by Gasteiger charge is -2.01. The number of rotatable bonds is 5. The van der Waals surface area contributed by atoms with Crippen molar-refractivity contribution in [1.82, 2.24) is 10.0 Å². The Hall–Kier alpha value is -2.86. The van der Waals surface area contributed by atoms with E-state index < -0.39 is 5.91 Å². The van der Waals surface area contributed by atoms with Crippen LogP contribution in [0.2, 0.25) is 0 Å². The van der Waals surface area contributed by atoms with E-state index in [9.17, 15) is 9.59 Å². The second-order valence-electron chi connectivity index (χ2n) is 4.63. The number of aryl methyl sites for hydroxylation is 1. The zero-order valence-corrected chi connectivity index (χ0v) is 12.2. The number of carbonyl (C=O) groups excluding carboxylic acids is 2. The largest absolute Gasteiger partial charge is 0.497 e. The quantitative estimate of drug-likeness (QED) is 0.382. The molecule has 114 valence electrons. The number of amides is 1. The lowest BCUT2D eigenvalue weighted by atomic mass is 10.1. The van der Waals surface area contributed by atoms with Crippen molar-refractivity contribution in [2.24, 2.45) is 7.05 Å². The van der Waals surface area contributed by atoms with Gasteiger partial charge >= 0.3 is 0 Å². The molecule has 0 aliphatic rings. The van der Waals surface area contributed by atoms with E-state index in [1.165, 1.54) is 17.6 Å². The van der Waals surface area contributed by atoms with Gasteiger partial charge in [-0.1, -0.05) is 0 Å². The van der Waals surface area contributed by atoms with Crippen molar-refractivity contribution in [3.8, 4) is 5.75 Å². The molecule has 0 spiro atoms. The molecule has 1 aromatic heterocycles. The van der Waals surface area contributed by atoms with Crippen LogP contribution in [0.15, 0.2) is 42.6 Å². The molecule has 1 heterocycles. The van der Waals surface area contributed by atoms with Gasteiger partial charge in [-0.05, 0) is 36.4 Å². The molecular formula is C16H16N2O4. The summed E-state index contributed by atoms with van der Waals surface area (Å²) in [5.41, 5.74) is 3.24. The fraction of sp³-hybridized carbons (Fsp3) is 0.125. The van der Waals surface area contributed by atoms with Gasteiger partial charge in [0.1, 0.15) is 5.75 Å². The molecular weight excluding hydrogens is 284 g/mol. The number of methoxy groups -OCH3 is 1. The van der Waals surface area contributed by atoms with Gasteiger partial charge in [-0.3, -0.25) is 14.8 Å². The van der Waals surface area contributed by atoms with Crippen LogP contribution in [0.3, 0.4) is 0 Å². The van der Waals surface area contributed by atoms with Crippen LogP contribution in [-0.2, 0) is 11.8 Å². The molecule has 6 heteroatoms. The molecule has 0 radical (unpaired) electrons. The molecule has 0 saturated heterocycles. The molecule has 1 amide bonds. The minimum absolute atomic E-state index is 0.121. The Kier molecular flexibility index (Phi) is 4.75. The van der Waals surface area contributed by atoms with Crippen LogP contribution in [0.25, 0.3) is 6.08 Å². The van der Waals surface area contributed by atoms with Crippen LogP contribution in [-0.4, -0.2) is 28.6 Å². The average molecular weight is 300 g/mol. The Morgan fingerprint density at radius 1 is 1.23 bits per heavy atom. The summed E-state index contributed by atoms with van der Waals surface area (Å²) >= 11 is 0. The summed E-state index contributed by atoms with van der Waals surface area (Å²) in [7, 11) is 3.33. The van der Waals surface area contributed by atoms with Gasteiger partial charge in [-0.25, -0.2) is 5.48 Å². The third-order valence-corrected chi connectivity index (χ3v) is 3.17. The molecule has 2 rings (SSSR count). The number of carbonyl (C=O) groups is 2. The molecule has 0 bridgehead atoms. The van der Waals surface area contributed by atoms with E-state index in [1.807, 2.05) is 0 Å². The number of benzene rings is 1. The van der Waals surface area contributed by atoms with Crippen LogP contribution >= 0.6 is 0 Å². The van der Waals surface area contributed by atoms with Crippen molar-refractivity contribution in [3.05, 3.63) is 59.4 Å². The van der Waals surface area contributed by atoms with Gasteiger partial charge < -0.3 is 9.30 Å². The van der Waals surface area contributed by atoms with Crippen molar-refractivity contribution < 1.29 is 19.5 Å². The first-order valence-corrected chi connectivity index (χ1v) is 6.52. The van der Waals surface area contributed by atoms with Crippen LogP contribution in [0.1, 0.15) is 21.6 Å². The smallest absolute Gasteiger partial charge is 0.267 e. The molecule has 0 aliphatic heterocycles. The summed E-state index contributed by atoms with van der Waals surface area (Å²) in [6.45, 7) is 0. The molecule has 2 N–H and O–H groups in total. The zero-order chi connectivity index (χ0) is 16.1. The van der Waals surface area contributed by atoms with Crippen molar-refractivity contribution in [1.29, 1.82) is 0 Å². The van der Waals surface area contributed by atoms with E-state index in [0.717, 1.165) is 0 Å². The number of hydroxylamine groups is 1. The van der Waals surface area contributed by atoms with Crippen molar-refractivity contribution >= 4 is 17.8 Å². The highest BCUT2D eigenvalue weighted by Gasteiger charge is 2.12. The number of hydrogen-bond donors (Lipinski definition) is 2. The number of nitrogens with zero attached hydrogens (tertiary/aromatic N) is 1. The first-order chi connectivity index (χ1) is 10.5. The van der Waals surface area contributed by atoms with E-state index in [4.69, 9.17) is 9.94 Å². The fourth-order valence-electron chi connectivity index (χ4n) is 1.98. The Bertz CT molecular complexity index is 714. The monoisotopic (exact) mass is 300 g/mol. The molecule has 6 nitrogen and oxygen atoms in total. The van der Waals surface area contributed by atoms with Gasteiger partial charge in [0.25, 0.3) is 5.91 Å². The molecule has 0 fully saturated rings. The number of ketones is 1. The maximum atomic E-state index is 12.4. The summed E-state index contributed by atoms with van der Waals surface area (Å²) < 4.78 is 6.78. The number of ether oxygens (including phenoxy) is 1. The Morgan fingerprint density at radius 3 is 2.50 bits per heavy atom. The van der Waals surface area contributed by atoms with Crippen molar-refractivity contribution in [3.63, 3.8) is 0 Å². The van der Waals surface area contributed by atoms with Crippen LogP contribution in [0.4, 0.5) is 0 Å². The van der Waals surface area contributed by atoms with E-state index in [2.05, 4.69) is 0 Å². The minimum atomic E-state index is -0.635. The first kappa shape index (κ1) is 15.5. The SMILES string of the molecule is COc1ccc(C(=O)c2cc(/C=C/C(=O)NO)n(C)c2)cc1. The normalized spacial score (nSPS) is 10.7. The molecule has 0 atom stereocenters. The standard InChI is InChI=1S/C16H16N2O4/c1-18-10-12(9-13(18)5-8-15(19)17-21)16(20)11-3-6-14(22-2)7-4-11/h3-10,21H,1-2H3,(H,17,19)/b8-5+. The van der Waals surface area contributed by atoms with Gasteiger partial charge in [0, 0.05) is 36.1 Å². The lowest BCUT2D eigenvalue weighted by Crippen LogP contribution is -2.14. The van der Waals surface area contributed by atoms with Gasteiger partial charge in [0.05, 0.1) is 7.11 Å². The van der Waals surface area contributed by atoms with Crippen LogP contribution in [0, 0.1) is 0 Å². The minimum Gasteiger partial charge on any atom is -0.497 e. The summed E-state index contributed by atoms with van der Waals surface area (Å²) in [4.78, 5) is 23.4. The molecule has 22 heavy (non-hydrogen) atoms. The summed E-state index contributed by atoms with van der Waals surface area (Å²) in [6.07, 6.45) is 4.37. The lowest BCUT2D eigenvalue weighted by molar-refractivity contribution is -0.124. The van der Waals surface area contributed by atoms with E-state index >= 15 is 0 Å². The van der Waals surface area contributed by atoms with Crippen molar-refractivity contribution in [2.75, 3.05) is 7.11 Å². The van der Waals surface area contributed by atoms with E-state index in [-0.39, 0.29) is 5.78 Å². The maximum Gasteiger partial charge on any atom is 0.267 e. The fourth-order valence-corrected chi connectivity index (χ4v) is 1.98. The van der Waals surface area contributed by atoms with E-state index in [1.54, 1.807) is 55.3 Å². The second-order valence-corrected chi connectivity index (χ2v) is 4.63. The highest BCUT2D eigenvalue weighted by molar-refractivity contribution is 6.09. The topological polar surface area (TPSA) is 80.6 Å². The average Bonchev–Trinajstić information content (AvgIpc) is 2.93. The zero-order valence-electron chi connectivity index (χ0n) is 12.2. The summed E-state index contributed by atoms with van der Waals surface area (Å²) in [5, 5.41) is 8.45. The Balaban J connectivity index is 2.23. The van der Waals surface area contributed by atoms with Crippen LogP contribution in [0.5, 0.6) is 5.75 Å². The third kappa shape index (κ3) is 3.42. The maximum absolute atomic E-state index is 12.4. The van der Waals surface area contributed by atoms with Crippen molar-refractivity contribution in [2.45, 2.75) is 0 Å². The molecule has 0 aliphatic carbocycles. The van der Waals surface area contributed by atoms with Gasteiger partial charge in [-0.2, -0.15) is 0 Å². The number of nitrogens with one attached hydrogen (secondary N) is 1. The predicted molar refractivity (Wildman–Crippen MR) is 80.8 cm³/mol. The third-order valence-electron chi connectivity index (χ3n) is 3.17. The molecule has 1 aromatic carbocycles. The van der Waals surface area contributed by atoms with Gasteiger partial charge in [0.15, 0.2) is 5.78 Å². The Labute approximate surface area is 127 Å². The highest BCUT2D eigenvalue weighted by atomic mass is 16.5. The summed E-state index contributed by atoms with van der Waals surface area (Å²) in [6, 6.07) is 8.52.